The topological polar surface area (TPSA) is 77.8 Å². The number of H-pyrrole nitrogens is 1. The van der Waals surface area contributed by atoms with Crippen LogP contribution in [-0.4, -0.2) is 26.9 Å². The Hall–Kier alpha value is -4.11. The summed E-state index contributed by atoms with van der Waals surface area (Å²) in [5.41, 5.74) is 5.79. The van der Waals surface area contributed by atoms with Crippen molar-refractivity contribution in [1.29, 1.82) is 5.26 Å². The zero-order chi connectivity index (χ0) is 21.1. The summed E-state index contributed by atoms with van der Waals surface area (Å²) in [6.07, 6.45) is 5.96. The third-order valence-electron chi connectivity index (χ3n) is 4.75. The first-order chi connectivity index (χ1) is 14.5. The molecular weight excluding hydrogens is 374 g/mol. The predicted octanol–water partition coefficient (Wildman–Crippen LogP) is 4.59. The Labute approximate surface area is 175 Å². The van der Waals surface area contributed by atoms with E-state index in [-0.39, 0.29) is 6.61 Å². The summed E-state index contributed by atoms with van der Waals surface area (Å²) in [7, 11) is 1.95. The number of nitriles is 1. The zero-order valence-electron chi connectivity index (χ0n) is 16.9. The Balaban J connectivity index is 1.69. The van der Waals surface area contributed by atoms with Gasteiger partial charge < -0.3 is 14.6 Å². The zero-order valence-corrected chi connectivity index (χ0v) is 16.9. The van der Waals surface area contributed by atoms with Gasteiger partial charge in [0.25, 0.3) is 0 Å². The van der Waals surface area contributed by atoms with Gasteiger partial charge in [-0.1, -0.05) is 18.7 Å². The molecule has 0 bridgehead atoms. The quantitative estimate of drug-likeness (QED) is 0.684. The van der Waals surface area contributed by atoms with Crippen LogP contribution in [0.2, 0.25) is 0 Å². The van der Waals surface area contributed by atoms with Crippen LogP contribution >= 0.6 is 0 Å². The maximum atomic E-state index is 9.07. The minimum absolute atomic E-state index is 0.243. The summed E-state index contributed by atoms with van der Waals surface area (Å²) in [4.78, 5) is 14.8. The molecule has 3 heterocycles. The average Bonchev–Trinajstić information content (AvgIpc) is 3.19. The van der Waals surface area contributed by atoms with Gasteiger partial charge in [-0.2, -0.15) is 5.26 Å². The Bertz CT molecular complexity index is 1210. The van der Waals surface area contributed by atoms with Crippen molar-refractivity contribution in [2.24, 2.45) is 0 Å². The number of aromatic amines is 1. The monoisotopic (exact) mass is 395 g/mol. The van der Waals surface area contributed by atoms with Gasteiger partial charge in [0.1, 0.15) is 18.2 Å². The van der Waals surface area contributed by atoms with E-state index >= 15 is 0 Å². The van der Waals surface area contributed by atoms with E-state index in [0.29, 0.717) is 17.1 Å². The number of pyridine rings is 1. The minimum Gasteiger partial charge on any atom is -0.486 e. The van der Waals surface area contributed by atoms with Crippen molar-refractivity contribution in [2.75, 3.05) is 7.05 Å². The number of likely N-dealkylation sites (N-methyl/N-ethyl adjacent to an activating group) is 1. The number of imidazole rings is 1. The van der Waals surface area contributed by atoms with Gasteiger partial charge in [-0.25, -0.2) is 4.98 Å². The van der Waals surface area contributed by atoms with E-state index in [1.165, 1.54) is 0 Å². The lowest BCUT2D eigenvalue weighted by Gasteiger charge is -2.19. The number of benzene rings is 1. The van der Waals surface area contributed by atoms with E-state index in [2.05, 4.69) is 22.6 Å². The average molecular weight is 395 g/mol. The Morgan fingerprint density at radius 2 is 2.00 bits per heavy atom. The lowest BCUT2D eigenvalue weighted by atomic mass is 10.1. The van der Waals surface area contributed by atoms with E-state index in [1.807, 2.05) is 61.5 Å². The van der Waals surface area contributed by atoms with Crippen molar-refractivity contribution in [3.05, 3.63) is 95.9 Å². The fourth-order valence-corrected chi connectivity index (χ4v) is 3.15. The molecule has 1 aliphatic heterocycles. The molecule has 0 aliphatic carbocycles. The number of nitrogens with one attached hydrogen (secondary N) is 1. The Morgan fingerprint density at radius 1 is 1.17 bits per heavy atom. The van der Waals surface area contributed by atoms with Crippen LogP contribution < -0.4 is 4.74 Å². The molecule has 30 heavy (non-hydrogen) atoms. The van der Waals surface area contributed by atoms with Crippen molar-refractivity contribution >= 4 is 5.57 Å². The maximum absolute atomic E-state index is 9.07. The maximum Gasteiger partial charge on any atom is 0.146 e. The van der Waals surface area contributed by atoms with E-state index in [1.54, 1.807) is 18.2 Å². The Morgan fingerprint density at radius 3 is 2.77 bits per heavy atom. The van der Waals surface area contributed by atoms with Gasteiger partial charge in [-0.3, -0.25) is 4.98 Å². The number of aryl methyl sites for hydroxylation is 1. The summed E-state index contributed by atoms with van der Waals surface area (Å²) in [5, 5.41) is 9.07. The summed E-state index contributed by atoms with van der Waals surface area (Å²) < 4.78 is 5.86. The second kappa shape index (κ2) is 8.10. The molecule has 0 saturated carbocycles. The molecule has 0 unspecified atom stereocenters. The van der Waals surface area contributed by atoms with Crippen LogP contribution in [0, 0.1) is 18.3 Å². The minimum atomic E-state index is 0.243. The summed E-state index contributed by atoms with van der Waals surface area (Å²) >= 11 is 0. The number of allylic oxidation sites excluding steroid dienone is 3. The molecule has 0 atom stereocenters. The first-order valence-electron chi connectivity index (χ1n) is 9.51. The normalized spacial score (nSPS) is 13.2. The highest BCUT2D eigenvalue weighted by molar-refractivity contribution is 5.82. The molecule has 0 saturated heterocycles. The molecule has 0 spiro atoms. The molecule has 1 aliphatic rings. The largest absolute Gasteiger partial charge is 0.486 e. The summed E-state index contributed by atoms with van der Waals surface area (Å²) in [5.74, 6) is 1.29. The van der Waals surface area contributed by atoms with Crippen molar-refractivity contribution in [3.63, 3.8) is 0 Å². The van der Waals surface area contributed by atoms with Crippen LogP contribution in [0.3, 0.4) is 0 Å². The smallest absolute Gasteiger partial charge is 0.146 e. The lowest BCUT2D eigenvalue weighted by Crippen LogP contribution is -2.11. The Kier molecular flexibility index (Phi) is 5.19. The van der Waals surface area contributed by atoms with E-state index in [9.17, 15) is 0 Å². The molecule has 6 nitrogen and oxygen atoms in total. The number of aromatic nitrogens is 3. The molecule has 6 heteroatoms. The number of hydrogen-bond donors (Lipinski definition) is 1. The third kappa shape index (κ3) is 4.01. The van der Waals surface area contributed by atoms with E-state index in [0.717, 1.165) is 34.0 Å². The molecule has 4 rings (SSSR count). The molecule has 0 fully saturated rings. The molecule has 3 aromatic rings. The van der Waals surface area contributed by atoms with Crippen molar-refractivity contribution in [1.82, 2.24) is 19.9 Å². The first kappa shape index (κ1) is 19.2. The number of nitrogens with zero attached hydrogens (tertiary/aromatic N) is 4. The highest BCUT2D eigenvalue weighted by Gasteiger charge is 2.18. The predicted molar refractivity (Wildman–Crippen MR) is 116 cm³/mol. The molecule has 2 aromatic heterocycles. The van der Waals surface area contributed by atoms with Crippen LogP contribution in [0.5, 0.6) is 5.75 Å². The van der Waals surface area contributed by atoms with Crippen molar-refractivity contribution in [3.8, 4) is 23.2 Å². The van der Waals surface area contributed by atoms with Crippen LogP contribution in [0.4, 0.5) is 0 Å². The highest BCUT2D eigenvalue weighted by Crippen LogP contribution is 2.30. The first-order valence-corrected chi connectivity index (χ1v) is 9.51. The fourth-order valence-electron chi connectivity index (χ4n) is 3.15. The standard InChI is InChI=1S/C24H21N5O/c1-16-6-4-9-21(26-16)24-23(19-11-10-17(2)29(3)14-19)27-22(28-24)15-30-20-8-5-7-18(12-20)13-25/h4-12,14H,2,15H2,1,3H3,(H,27,28). The molecule has 0 amide bonds. The third-order valence-corrected chi connectivity index (χ3v) is 4.75. The number of hydrogen-bond acceptors (Lipinski definition) is 5. The van der Waals surface area contributed by atoms with Crippen LogP contribution in [0.15, 0.2) is 73.1 Å². The summed E-state index contributed by atoms with van der Waals surface area (Å²) in [6.45, 7) is 6.21. The van der Waals surface area contributed by atoms with E-state index < -0.39 is 0 Å². The SMILES string of the molecule is C=C1C=CC(c2nc(COc3cccc(C#N)c3)[nH]c2-c2cccc(C)n2)=CN1C. The van der Waals surface area contributed by atoms with Crippen LogP contribution in [-0.2, 0) is 6.61 Å². The van der Waals surface area contributed by atoms with Gasteiger partial charge in [0.2, 0.25) is 0 Å². The van der Waals surface area contributed by atoms with Crippen molar-refractivity contribution in [2.45, 2.75) is 13.5 Å². The molecule has 1 N–H and O–H groups in total. The van der Waals surface area contributed by atoms with Gasteiger partial charge >= 0.3 is 0 Å². The lowest BCUT2D eigenvalue weighted by molar-refractivity contribution is 0.297. The number of ether oxygens (including phenoxy) is 1. The van der Waals surface area contributed by atoms with E-state index in [4.69, 9.17) is 15.0 Å². The van der Waals surface area contributed by atoms with Crippen LogP contribution in [0.25, 0.3) is 17.0 Å². The second-order valence-corrected chi connectivity index (χ2v) is 7.02. The molecule has 0 radical (unpaired) electrons. The van der Waals surface area contributed by atoms with Gasteiger partial charge in [0, 0.05) is 30.2 Å². The number of rotatable bonds is 5. The van der Waals surface area contributed by atoms with Crippen molar-refractivity contribution < 1.29 is 4.74 Å². The molecular formula is C24H21N5O. The molecule has 148 valence electrons. The highest BCUT2D eigenvalue weighted by atomic mass is 16.5. The van der Waals surface area contributed by atoms with Gasteiger partial charge in [0.15, 0.2) is 0 Å². The van der Waals surface area contributed by atoms with Gasteiger partial charge in [0.05, 0.1) is 28.7 Å². The molecule has 1 aromatic carbocycles. The summed E-state index contributed by atoms with van der Waals surface area (Å²) in [6, 6.07) is 15.1. The van der Waals surface area contributed by atoms with Gasteiger partial charge in [-0.15, -0.1) is 0 Å². The fraction of sp³-hybridized carbons (Fsp3) is 0.125. The second-order valence-electron chi connectivity index (χ2n) is 7.02. The van der Waals surface area contributed by atoms with Crippen LogP contribution in [0.1, 0.15) is 22.8 Å². The van der Waals surface area contributed by atoms with Gasteiger partial charge in [-0.05, 0) is 49.4 Å².